The van der Waals surface area contributed by atoms with Crippen molar-refractivity contribution in [1.82, 2.24) is 5.32 Å². The Morgan fingerprint density at radius 1 is 1.07 bits per heavy atom. The van der Waals surface area contributed by atoms with Crippen LogP contribution in [0.15, 0.2) is 35.2 Å². The Balaban J connectivity index is 0.000000657. The average molecular weight is 609 g/mol. The number of halogens is 4. The van der Waals surface area contributed by atoms with Gasteiger partial charge in [-0.15, -0.1) is 0 Å². The molecule has 0 radical (unpaired) electrons. The van der Waals surface area contributed by atoms with E-state index in [2.05, 4.69) is 31.4 Å². The zero-order valence-electron chi connectivity index (χ0n) is 23.5. The Morgan fingerprint density at radius 2 is 1.62 bits per heavy atom. The monoisotopic (exact) mass is 608 g/mol. The van der Waals surface area contributed by atoms with Gasteiger partial charge in [0, 0.05) is 49.0 Å². The van der Waals surface area contributed by atoms with Crippen LogP contribution in [-0.2, 0) is 4.79 Å². The molecule has 0 atom stereocenters. The lowest BCUT2D eigenvalue weighted by molar-refractivity contribution is -0.120. The second-order valence-corrected chi connectivity index (χ2v) is 10.4. The van der Waals surface area contributed by atoms with Gasteiger partial charge >= 0.3 is 0 Å². The lowest BCUT2D eigenvalue weighted by Gasteiger charge is -2.10. The Morgan fingerprint density at radius 3 is 1.98 bits per heavy atom. The summed E-state index contributed by atoms with van der Waals surface area (Å²) < 4.78 is 47.9. The van der Waals surface area contributed by atoms with Crippen molar-refractivity contribution in [3.8, 4) is 0 Å². The molecule has 0 heterocycles. The van der Waals surface area contributed by atoms with Gasteiger partial charge in [0.2, 0.25) is 5.91 Å². The van der Waals surface area contributed by atoms with Gasteiger partial charge < -0.3 is 25.4 Å². The predicted molar refractivity (Wildman–Crippen MR) is 154 cm³/mol. The molecule has 12 heteroatoms. The molecule has 1 fully saturated rings. The van der Waals surface area contributed by atoms with Crippen LogP contribution in [0.3, 0.4) is 0 Å². The second kappa shape index (κ2) is 19.7. The normalized spacial score (nSPS) is 12.5. The molecule has 2 aromatic rings. The van der Waals surface area contributed by atoms with E-state index in [1.807, 2.05) is 0 Å². The molecular formula is C28H40ClF3N2O5S. The van der Waals surface area contributed by atoms with Crippen molar-refractivity contribution in [2.75, 3.05) is 18.5 Å². The number of amides is 2. The highest BCUT2D eigenvalue weighted by Crippen LogP contribution is 2.34. The highest BCUT2D eigenvalue weighted by atomic mass is 35.5. The van der Waals surface area contributed by atoms with Crippen LogP contribution in [0.25, 0.3) is 0 Å². The van der Waals surface area contributed by atoms with Crippen molar-refractivity contribution in [2.24, 2.45) is 5.92 Å². The zero-order chi connectivity index (χ0) is 30.9. The molecule has 7 nitrogen and oxygen atoms in total. The minimum absolute atomic E-state index is 0.0541. The SMILES string of the molecule is CC(=O)NC1(CO)CC1.CCCCC(C)C.CCO.O=C(Nc1cc(F)c(F)c(F)c1)c1ccc(Cl)c(SO)c1. The maximum absolute atomic E-state index is 13.0. The van der Waals surface area contributed by atoms with Crippen LogP contribution in [0, 0.1) is 23.4 Å². The van der Waals surface area contributed by atoms with Gasteiger partial charge in [0.25, 0.3) is 5.91 Å². The quantitative estimate of drug-likeness (QED) is 0.162. The summed E-state index contributed by atoms with van der Waals surface area (Å²) in [6.45, 7) is 10.3. The van der Waals surface area contributed by atoms with Gasteiger partial charge in [-0.1, -0.05) is 51.6 Å². The molecule has 0 spiro atoms. The third-order valence-corrected chi connectivity index (χ3v) is 6.24. The number of nitrogens with one attached hydrogen (secondary N) is 2. The third kappa shape index (κ3) is 14.9. The maximum Gasteiger partial charge on any atom is 0.255 e. The lowest BCUT2D eigenvalue weighted by Crippen LogP contribution is -2.37. The molecular weight excluding hydrogens is 569 g/mol. The number of rotatable bonds is 8. The van der Waals surface area contributed by atoms with Gasteiger partial charge in [0.15, 0.2) is 17.5 Å². The van der Waals surface area contributed by atoms with Crippen molar-refractivity contribution in [2.45, 2.75) is 77.2 Å². The highest BCUT2D eigenvalue weighted by molar-refractivity contribution is 7.93. The Bertz CT molecular complexity index is 1050. The fourth-order valence-electron chi connectivity index (χ4n) is 3.00. The fraction of sp³-hybridized carbons (Fsp3) is 0.500. The van der Waals surface area contributed by atoms with E-state index in [1.54, 1.807) is 6.92 Å². The summed E-state index contributed by atoms with van der Waals surface area (Å²) in [5, 5.41) is 21.4. The molecule has 2 aromatic carbocycles. The van der Waals surface area contributed by atoms with Crippen molar-refractivity contribution in [3.63, 3.8) is 0 Å². The second-order valence-electron chi connectivity index (χ2n) is 9.42. The van der Waals surface area contributed by atoms with E-state index in [-0.39, 0.29) is 45.8 Å². The summed E-state index contributed by atoms with van der Waals surface area (Å²) >= 11 is 6.13. The summed E-state index contributed by atoms with van der Waals surface area (Å²) in [4.78, 5) is 22.6. The minimum Gasteiger partial charge on any atom is -0.397 e. The summed E-state index contributed by atoms with van der Waals surface area (Å²) in [6, 6.07) is 5.38. The first-order chi connectivity index (χ1) is 18.8. The Kier molecular flexibility index (Phi) is 18.6. The molecule has 40 heavy (non-hydrogen) atoms. The molecule has 1 aliphatic rings. The number of benzene rings is 2. The number of aliphatic hydroxyl groups is 2. The van der Waals surface area contributed by atoms with Crippen LogP contribution in [0.1, 0.15) is 77.1 Å². The van der Waals surface area contributed by atoms with Gasteiger partial charge in [-0.3, -0.25) is 9.59 Å². The molecule has 1 saturated carbocycles. The summed E-state index contributed by atoms with van der Waals surface area (Å²) in [5.41, 5.74) is -0.350. The summed E-state index contributed by atoms with van der Waals surface area (Å²) in [6.07, 6.45) is 5.98. The van der Waals surface area contributed by atoms with Crippen LogP contribution in [0.5, 0.6) is 0 Å². The van der Waals surface area contributed by atoms with Crippen LogP contribution >= 0.6 is 23.6 Å². The van der Waals surface area contributed by atoms with Crippen molar-refractivity contribution in [3.05, 3.63) is 58.4 Å². The molecule has 0 aromatic heterocycles. The maximum atomic E-state index is 13.0. The standard InChI is InChI=1S/C13H7ClF3NO2S.C7H16.C6H11NO2.C2H6O/c14-8-2-1-6(3-11(8)21-20)13(19)18-7-4-9(15)12(17)10(16)5-7;1-4-5-6-7(2)3;1-5(9)7-6(4-8)2-3-6;1-2-3/h1-5,20H,(H,18,19);7H,4-6H2,1-3H3;8H,2-4H2,1H3,(H,7,9);3H,2H2,1H3. The lowest BCUT2D eigenvalue weighted by atomic mass is 10.1. The topological polar surface area (TPSA) is 119 Å². The van der Waals surface area contributed by atoms with E-state index in [0.29, 0.717) is 24.2 Å². The van der Waals surface area contributed by atoms with Gasteiger partial charge in [-0.05, 0) is 43.9 Å². The molecule has 0 bridgehead atoms. The number of aliphatic hydroxyl groups excluding tert-OH is 2. The van der Waals surface area contributed by atoms with Crippen molar-refractivity contribution < 1.29 is 37.5 Å². The largest absolute Gasteiger partial charge is 0.397 e. The van der Waals surface area contributed by atoms with Gasteiger partial charge in [-0.2, -0.15) is 0 Å². The molecule has 0 aliphatic heterocycles. The Hall–Kier alpha value is -2.31. The first-order valence-electron chi connectivity index (χ1n) is 12.9. The van der Waals surface area contributed by atoms with Gasteiger partial charge in [0.1, 0.15) is 0 Å². The zero-order valence-corrected chi connectivity index (χ0v) is 25.1. The summed E-state index contributed by atoms with van der Waals surface area (Å²) in [7, 11) is 0. The molecule has 3 rings (SSSR count). The predicted octanol–water partition coefficient (Wildman–Crippen LogP) is 7.05. The van der Waals surface area contributed by atoms with E-state index >= 15 is 0 Å². The number of carbonyl (C=O) groups excluding carboxylic acids is 2. The van der Waals surface area contributed by atoms with Crippen molar-refractivity contribution in [1.29, 1.82) is 0 Å². The van der Waals surface area contributed by atoms with E-state index < -0.39 is 23.4 Å². The van der Waals surface area contributed by atoms with Crippen LogP contribution in [0.4, 0.5) is 18.9 Å². The molecule has 5 N–H and O–H groups in total. The number of hydrogen-bond acceptors (Lipinski definition) is 6. The molecule has 226 valence electrons. The van der Waals surface area contributed by atoms with Crippen molar-refractivity contribution >= 4 is 41.1 Å². The van der Waals surface area contributed by atoms with E-state index in [4.69, 9.17) is 26.4 Å². The van der Waals surface area contributed by atoms with E-state index in [9.17, 15) is 22.8 Å². The average Bonchev–Trinajstić information content (AvgIpc) is 3.66. The highest BCUT2D eigenvalue weighted by Gasteiger charge is 2.42. The molecule has 2 amide bonds. The fourth-order valence-corrected chi connectivity index (χ4v) is 3.56. The molecule has 1 aliphatic carbocycles. The number of carbonyl (C=O) groups is 2. The minimum atomic E-state index is -1.61. The van der Waals surface area contributed by atoms with E-state index in [0.717, 1.165) is 18.8 Å². The number of hydrogen-bond donors (Lipinski definition) is 5. The van der Waals surface area contributed by atoms with Gasteiger partial charge in [0.05, 0.1) is 22.1 Å². The van der Waals surface area contributed by atoms with E-state index in [1.165, 1.54) is 44.4 Å². The summed E-state index contributed by atoms with van der Waals surface area (Å²) in [5.74, 6) is -4.27. The molecule has 0 unspecified atom stereocenters. The van der Waals surface area contributed by atoms with Gasteiger partial charge in [-0.25, -0.2) is 13.2 Å². The first-order valence-corrected chi connectivity index (χ1v) is 14.0. The number of anilines is 1. The van der Waals surface area contributed by atoms with Crippen LogP contribution < -0.4 is 10.6 Å². The third-order valence-electron chi connectivity index (χ3n) is 5.27. The van der Waals surface area contributed by atoms with Crippen LogP contribution in [-0.4, -0.2) is 45.3 Å². The van der Waals surface area contributed by atoms with Crippen LogP contribution in [0.2, 0.25) is 5.02 Å². The number of unbranched alkanes of at least 4 members (excludes halogenated alkanes) is 1. The molecule has 0 saturated heterocycles. The Labute approximate surface area is 243 Å². The smallest absolute Gasteiger partial charge is 0.255 e. The first kappa shape index (κ1) is 37.7.